The molecule has 1 aliphatic heterocycles. The Morgan fingerprint density at radius 1 is 1.25 bits per heavy atom. The first-order chi connectivity index (χ1) is 9.37. The summed E-state index contributed by atoms with van der Waals surface area (Å²) in [6.07, 6.45) is 0. The third kappa shape index (κ3) is 2.24. The lowest BCUT2D eigenvalue weighted by Crippen LogP contribution is -2.44. The van der Waals surface area contributed by atoms with Crippen molar-refractivity contribution in [3.05, 3.63) is 35.9 Å². The second kappa shape index (κ2) is 5.16. The number of amides is 2. The van der Waals surface area contributed by atoms with Crippen molar-refractivity contribution in [3.8, 4) is 0 Å². The minimum atomic E-state index is -1.66. The molecule has 1 aromatic carbocycles. The van der Waals surface area contributed by atoms with Crippen molar-refractivity contribution < 1.29 is 13.8 Å². The van der Waals surface area contributed by atoms with Gasteiger partial charge in [0.25, 0.3) is 0 Å². The van der Waals surface area contributed by atoms with E-state index in [2.05, 4.69) is 10.4 Å². The first kappa shape index (κ1) is 14.4. The van der Waals surface area contributed by atoms with Gasteiger partial charge in [-0.05, 0) is 12.5 Å². The number of nitrogens with zero attached hydrogens (tertiary/aromatic N) is 2. The molecule has 6 nitrogen and oxygen atoms in total. The third-order valence-corrected chi connectivity index (χ3v) is 4.69. The molecule has 1 aliphatic rings. The summed E-state index contributed by atoms with van der Waals surface area (Å²) in [6.45, 7) is 4.31. The third-order valence-electron chi connectivity index (χ3n) is 3.02. The minimum absolute atomic E-state index is 0.000877. The number of benzene rings is 1. The smallest absolute Gasteiger partial charge is 0.241 e. The lowest BCUT2D eigenvalue weighted by molar-refractivity contribution is -0.132. The van der Waals surface area contributed by atoms with Crippen molar-refractivity contribution in [1.82, 2.24) is 10.3 Å². The lowest BCUT2D eigenvalue weighted by Gasteiger charge is -2.30. The Morgan fingerprint density at radius 2 is 1.85 bits per heavy atom. The van der Waals surface area contributed by atoms with Gasteiger partial charge in [0.2, 0.25) is 17.0 Å². The van der Waals surface area contributed by atoms with E-state index in [9.17, 15) is 13.8 Å². The summed E-state index contributed by atoms with van der Waals surface area (Å²) in [5.74, 6) is -0.719. The van der Waals surface area contributed by atoms with Crippen LogP contribution < -0.4 is 5.32 Å². The molecular weight excluding hydrogens is 278 g/mol. The predicted molar refractivity (Wildman–Crippen MR) is 75.7 cm³/mol. The van der Waals surface area contributed by atoms with Crippen LogP contribution in [0.4, 0.5) is 0 Å². The molecule has 0 saturated heterocycles. The zero-order chi connectivity index (χ0) is 14.9. The van der Waals surface area contributed by atoms with Gasteiger partial charge >= 0.3 is 0 Å². The van der Waals surface area contributed by atoms with Gasteiger partial charge < -0.3 is 5.32 Å². The number of hydrogen-bond acceptors (Lipinski definition) is 4. The van der Waals surface area contributed by atoms with E-state index in [1.807, 2.05) is 6.07 Å². The van der Waals surface area contributed by atoms with Crippen LogP contribution in [0.2, 0.25) is 0 Å². The van der Waals surface area contributed by atoms with Crippen LogP contribution in [0.15, 0.2) is 35.4 Å². The van der Waals surface area contributed by atoms with Crippen molar-refractivity contribution in [3.63, 3.8) is 0 Å². The fourth-order valence-corrected chi connectivity index (χ4v) is 3.50. The standard InChI is InChI=1S/C13H15N3O3S/c1-9(17)14-12-15-16(10(2)18)13(3,20(12)19)11-7-5-4-6-8-11/h4-8H,1-3H3,(H,14,15,17). The Kier molecular flexibility index (Phi) is 3.71. The number of hydrogen-bond donors (Lipinski definition) is 1. The van der Waals surface area contributed by atoms with Gasteiger partial charge in [-0.15, -0.1) is 5.10 Å². The summed E-state index contributed by atoms with van der Waals surface area (Å²) < 4.78 is 12.6. The normalized spacial score (nSPS) is 25.2. The van der Waals surface area contributed by atoms with Crippen LogP contribution in [0.1, 0.15) is 26.3 Å². The number of rotatable bonds is 1. The summed E-state index contributed by atoms with van der Waals surface area (Å²) in [7, 11) is -1.66. The van der Waals surface area contributed by atoms with Crippen molar-refractivity contribution >= 4 is 27.8 Å². The van der Waals surface area contributed by atoms with Crippen molar-refractivity contribution in [2.24, 2.45) is 5.10 Å². The van der Waals surface area contributed by atoms with E-state index in [-0.39, 0.29) is 17.0 Å². The Labute approximate surface area is 119 Å². The molecule has 0 aromatic heterocycles. The molecule has 106 valence electrons. The van der Waals surface area contributed by atoms with Crippen LogP contribution in [0.5, 0.6) is 0 Å². The summed E-state index contributed by atoms with van der Waals surface area (Å²) in [4.78, 5) is 21.8. The summed E-state index contributed by atoms with van der Waals surface area (Å²) in [5, 5.41) is 7.58. The van der Waals surface area contributed by atoms with Crippen LogP contribution in [0.3, 0.4) is 0 Å². The molecule has 7 heteroatoms. The van der Waals surface area contributed by atoms with E-state index in [0.29, 0.717) is 5.56 Å². The first-order valence-electron chi connectivity index (χ1n) is 6.01. The zero-order valence-electron chi connectivity index (χ0n) is 11.4. The number of carbonyl (C=O) groups is 2. The van der Waals surface area contributed by atoms with E-state index < -0.39 is 15.7 Å². The fraction of sp³-hybridized carbons (Fsp3) is 0.308. The SMILES string of the molecule is CC(=O)NC1=NN(C(C)=O)C(C)(c2ccccc2)S1=O. The maximum Gasteiger partial charge on any atom is 0.241 e. The maximum atomic E-state index is 12.6. The monoisotopic (exact) mass is 293 g/mol. The Balaban J connectivity index is 2.50. The van der Waals surface area contributed by atoms with E-state index in [4.69, 9.17) is 0 Å². The van der Waals surface area contributed by atoms with Crippen molar-refractivity contribution in [1.29, 1.82) is 0 Å². The molecule has 2 rings (SSSR count). The summed E-state index contributed by atoms with van der Waals surface area (Å²) in [5.41, 5.74) is 0.692. The molecule has 0 bridgehead atoms. The van der Waals surface area contributed by atoms with Gasteiger partial charge in [-0.3, -0.25) is 9.59 Å². The van der Waals surface area contributed by atoms with Gasteiger partial charge in [0, 0.05) is 13.8 Å². The molecule has 0 saturated carbocycles. The summed E-state index contributed by atoms with van der Waals surface area (Å²) in [6, 6.07) is 8.98. The second-order valence-corrected chi connectivity index (χ2v) is 6.25. The highest BCUT2D eigenvalue weighted by Gasteiger charge is 2.49. The van der Waals surface area contributed by atoms with Crippen LogP contribution in [0.25, 0.3) is 0 Å². The Morgan fingerprint density at radius 3 is 2.35 bits per heavy atom. The largest absolute Gasteiger partial charge is 0.302 e. The van der Waals surface area contributed by atoms with Gasteiger partial charge in [-0.1, -0.05) is 30.3 Å². The molecule has 2 unspecified atom stereocenters. The molecule has 2 atom stereocenters. The molecule has 0 aliphatic carbocycles. The van der Waals surface area contributed by atoms with E-state index in [1.54, 1.807) is 31.2 Å². The first-order valence-corrected chi connectivity index (χ1v) is 7.16. The average molecular weight is 293 g/mol. The van der Waals surface area contributed by atoms with Crippen LogP contribution in [-0.4, -0.2) is 26.2 Å². The molecule has 1 N–H and O–H groups in total. The highest BCUT2D eigenvalue weighted by atomic mass is 32.2. The topological polar surface area (TPSA) is 78.8 Å². The quantitative estimate of drug-likeness (QED) is 0.834. The van der Waals surface area contributed by atoms with Gasteiger partial charge in [-0.25, -0.2) is 9.22 Å². The van der Waals surface area contributed by atoms with Gasteiger partial charge in [0.15, 0.2) is 4.87 Å². The number of hydrazone groups is 1. The molecule has 1 heterocycles. The van der Waals surface area contributed by atoms with E-state index in [0.717, 1.165) is 5.01 Å². The predicted octanol–water partition coefficient (Wildman–Crippen LogP) is 0.877. The van der Waals surface area contributed by atoms with Gasteiger partial charge in [-0.2, -0.15) is 0 Å². The molecular formula is C13H15N3O3S. The number of nitrogens with one attached hydrogen (secondary N) is 1. The van der Waals surface area contributed by atoms with Crippen LogP contribution in [0, 0.1) is 0 Å². The van der Waals surface area contributed by atoms with Gasteiger partial charge in [0.1, 0.15) is 10.8 Å². The summed E-state index contributed by atoms with van der Waals surface area (Å²) >= 11 is 0. The fourth-order valence-electron chi connectivity index (χ4n) is 2.06. The molecule has 20 heavy (non-hydrogen) atoms. The lowest BCUT2D eigenvalue weighted by atomic mass is 10.1. The van der Waals surface area contributed by atoms with Crippen LogP contribution >= 0.6 is 0 Å². The van der Waals surface area contributed by atoms with Gasteiger partial charge in [0.05, 0.1) is 0 Å². The molecule has 0 spiro atoms. The Hall–Kier alpha value is -2.02. The maximum absolute atomic E-state index is 12.6. The highest BCUT2D eigenvalue weighted by molar-refractivity contribution is 8.01. The molecule has 2 amide bonds. The van der Waals surface area contributed by atoms with Crippen molar-refractivity contribution in [2.75, 3.05) is 0 Å². The molecule has 0 radical (unpaired) electrons. The van der Waals surface area contributed by atoms with E-state index in [1.165, 1.54) is 13.8 Å². The molecule has 1 aromatic rings. The highest BCUT2D eigenvalue weighted by Crippen LogP contribution is 2.37. The zero-order valence-corrected chi connectivity index (χ0v) is 12.2. The second-order valence-electron chi connectivity index (χ2n) is 4.53. The van der Waals surface area contributed by atoms with Crippen molar-refractivity contribution in [2.45, 2.75) is 25.6 Å². The Bertz CT molecular complexity index is 615. The number of carbonyl (C=O) groups excluding carboxylic acids is 2. The molecule has 0 fully saturated rings. The van der Waals surface area contributed by atoms with Crippen LogP contribution in [-0.2, 0) is 25.3 Å². The number of amidine groups is 1. The minimum Gasteiger partial charge on any atom is -0.302 e. The average Bonchev–Trinajstić information content (AvgIpc) is 2.65. The van der Waals surface area contributed by atoms with E-state index >= 15 is 0 Å².